The summed E-state index contributed by atoms with van der Waals surface area (Å²) in [5.74, 6) is -0.974. The standard InChI is InChI=1S/C10H17N3O2/c1-4-13-7(3)8(6(2)12-13)5-9(11)10(14)15/h9H,4-5,11H2,1-3H3,(H,14,15). The smallest absolute Gasteiger partial charge is 0.320 e. The highest BCUT2D eigenvalue weighted by Crippen LogP contribution is 2.14. The Morgan fingerprint density at radius 3 is 2.60 bits per heavy atom. The summed E-state index contributed by atoms with van der Waals surface area (Å²) in [6.45, 7) is 6.60. The number of hydrogen-bond acceptors (Lipinski definition) is 3. The van der Waals surface area contributed by atoms with E-state index in [0.717, 1.165) is 23.5 Å². The zero-order valence-electron chi connectivity index (χ0n) is 9.32. The van der Waals surface area contributed by atoms with Gasteiger partial charge in [-0.3, -0.25) is 9.48 Å². The molecule has 0 aliphatic heterocycles. The fourth-order valence-corrected chi connectivity index (χ4v) is 1.64. The minimum atomic E-state index is -0.974. The van der Waals surface area contributed by atoms with Crippen LogP contribution < -0.4 is 5.73 Å². The molecule has 0 spiro atoms. The quantitative estimate of drug-likeness (QED) is 0.758. The molecule has 1 heterocycles. The highest BCUT2D eigenvalue weighted by molar-refractivity contribution is 5.73. The van der Waals surface area contributed by atoms with Gasteiger partial charge in [0.15, 0.2) is 0 Å². The molecule has 0 amide bonds. The van der Waals surface area contributed by atoms with Crippen molar-refractivity contribution in [3.05, 3.63) is 17.0 Å². The third-order valence-corrected chi connectivity index (χ3v) is 2.57. The molecule has 0 aliphatic carbocycles. The Labute approximate surface area is 88.9 Å². The van der Waals surface area contributed by atoms with Crippen molar-refractivity contribution < 1.29 is 9.90 Å². The van der Waals surface area contributed by atoms with Crippen LogP contribution in [0.25, 0.3) is 0 Å². The second-order valence-electron chi connectivity index (χ2n) is 3.61. The van der Waals surface area contributed by atoms with Gasteiger partial charge < -0.3 is 10.8 Å². The molecule has 0 fully saturated rings. The van der Waals surface area contributed by atoms with Crippen molar-refractivity contribution in [2.75, 3.05) is 0 Å². The van der Waals surface area contributed by atoms with E-state index in [9.17, 15) is 4.79 Å². The maximum Gasteiger partial charge on any atom is 0.320 e. The van der Waals surface area contributed by atoms with E-state index in [4.69, 9.17) is 10.8 Å². The highest BCUT2D eigenvalue weighted by Gasteiger charge is 2.18. The molecule has 5 nitrogen and oxygen atoms in total. The fraction of sp³-hybridized carbons (Fsp3) is 0.600. The first-order valence-electron chi connectivity index (χ1n) is 4.98. The average molecular weight is 211 g/mol. The zero-order chi connectivity index (χ0) is 11.6. The lowest BCUT2D eigenvalue weighted by Gasteiger charge is -2.06. The van der Waals surface area contributed by atoms with Crippen molar-refractivity contribution in [1.29, 1.82) is 0 Å². The van der Waals surface area contributed by atoms with Crippen LogP contribution in [0.5, 0.6) is 0 Å². The van der Waals surface area contributed by atoms with Crippen molar-refractivity contribution in [3.63, 3.8) is 0 Å². The minimum absolute atomic E-state index is 0.340. The molecule has 0 saturated carbocycles. The Kier molecular flexibility index (Phi) is 3.47. The number of nitrogens with zero attached hydrogens (tertiary/aromatic N) is 2. The number of aromatic nitrogens is 2. The van der Waals surface area contributed by atoms with Crippen LogP contribution in [0, 0.1) is 13.8 Å². The molecule has 84 valence electrons. The molecule has 0 bridgehead atoms. The number of nitrogens with two attached hydrogens (primary N) is 1. The predicted octanol–water partition coefficient (Wildman–Crippen LogP) is 0.474. The summed E-state index contributed by atoms with van der Waals surface area (Å²) >= 11 is 0. The molecule has 1 aromatic rings. The molecule has 15 heavy (non-hydrogen) atoms. The first-order chi connectivity index (χ1) is 6.97. The first kappa shape index (κ1) is 11.7. The van der Waals surface area contributed by atoms with Gasteiger partial charge in [-0.25, -0.2) is 0 Å². The van der Waals surface area contributed by atoms with Gasteiger partial charge in [0.2, 0.25) is 0 Å². The van der Waals surface area contributed by atoms with Crippen molar-refractivity contribution in [1.82, 2.24) is 9.78 Å². The third-order valence-electron chi connectivity index (χ3n) is 2.57. The molecule has 5 heteroatoms. The summed E-state index contributed by atoms with van der Waals surface area (Å²) in [4.78, 5) is 10.7. The van der Waals surface area contributed by atoms with Gasteiger partial charge in [0.1, 0.15) is 6.04 Å². The largest absolute Gasteiger partial charge is 0.480 e. The summed E-state index contributed by atoms with van der Waals surface area (Å²) in [6.07, 6.45) is 0.340. The summed E-state index contributed by atoms with van der Waals surface area (Å²) in [7, 11) is 0. The van der Waals surface area contributed by atoms with Crippen molar-refractivity contribution in [2.24, 2.45) is 5.73 Å². The Hall–Kier alpha value is -1.36. The minimum Gasteiger partial charge on any atom is -0.480 e. The van der Waals surface area contributed by atoms with Crippen LogP contribution in [0.3, 0.4) is 0 Å². The lowest BCUT2D eigenvalue weighted by atomic mass is 10.1. The lowest BCUT2D eigenvalue weighted by molar-refractivity contribution is -0.138. The van der Waals surface area contributed by atoms with Crippen molar-refractivity contribution in [2.45, 2.75) is 39.8 Å². The molecular weight excluding hydrogens is 194 g/mol. The van der Waals surface area contributed by atoms with Crippen LogP contribution in [0.2, 0.25) is 0 Å². The zero-order valence-corrected chi connectivity index (χ0v) is 9.32. The van der Waals surface area contributed by atoms with Crippen molar-refractivity contribution >= 4 is 5.97 Å². The SMILES string of the molecule is CCn1nc(C)c(CC(N)C(=O)O)c1C. The Balaban J connectivity index is 2.94. The molecule has 0 aliphatic rings. The van der Waals surface area contributed by atoms with Gasteiger partial charge in [-0.15, -0.1) is 0 Å². The Morgan fingerprint density at radius 1 is 1.60 bits per heavy atom. The van der Waals surface area contributed by atoms with E-state index in [2.05, 4.69) is 5.10 Å². The maximum absolute atomic E-state index is 10.7. The summed E-state index contributed by atoms with van der Waals surface area (Å²) < 4.78 is 1.86. The van der Waals surface area contributed by atoms with Gasteiger partial charge in [-0.2, -0.15) is 5.10 Å². The van der Waals surface area contributed by atoms with E-state index >= 15 is 0 Å². The van der Waals surface area contributed by atoms with Crippen molar-refractivity contribution in [3.8, 4) is 0 Å². The number of carboxylic acid groups (broad SMARTS) is 1. The summed E-state index contributed by atoms with van der Waals surface area (Å²) in [5.41, 5.74) is 8.32. The van der Waals surface area contributed by atoms with Crippen LogP contribution in [-0.4, -0.2) is 26.9 Å². The van der Waals surface area contributed by atoms with Crippen LogP contribution in [0.1, 0.15) is 23.9 Å². The molecule has 1 atom stereocenters. The second-order valence-corrected chi connectivity index (χ2v) is 3.61. The van der Waals surface area contributed by atoms with E-state index < -0.39 is 12.0 Å². The molecule has 1 unspecified atom stereocenters. The molecule has 1 rings (SSSR count). The summed E-state index contributed by atoms with van der Waals surface area (Å²) in [5, 5.41) is 13.0. The van der Waals surface area contributed by atoms with E-state index in [1.165, 1.54) is 0 Å². The van der Waals surface area contributed by atoms with E-state index in [0.29, 0.717) is 6.42 Å². The number of aliphatic carboxylic acids is 1. The van der Waals surface area contributed by atoms with Gasteiger partial charge in [-0.1, -0.05) is 0 Å². The third kappa shape index (κ3) is 2.36. The molecule has 1 aromatic heterocycles. The van der Waals surface area contributed by atoms with E-state index in [1.807, 2.05) is 25.5 Å². The Bertz CT molecular complexity index is 371. The first-order valence-corrected chi connectivity index (χ1v) is 4.98. The van der Waals surface area contributed by atoms with Crippen LogP contribution in [0.4, 0.5) is 0 Å². The molecule has 0 saturated heterocycles. The topological polar surface area (TPSA) is 81.1 Å². The Morgan fingerprint density at radius 2 is 2.20 bits per heavy atom. The fourth-order valence-electron chi connectivity index (χ4n) is 1.64. The molecular formula is C10H17N3O2. The lowest BCUT2D eigenvalue weighted by Crippen LogP contribution is -2.32. The van der Waals surface area contributed by atoms with Crippen LogP contribution in [-0.2, 0) is 17.8 Å². The summed E-state index contributed by atoms with van der Waals surface area (Å²) in [6, 6.07) is -0.850. The molecule has 0 aromatic carbocycles. The number of hydrogen-bond donors (Lipinski definition) is 2. The number of rotatable bonds is 4. The van der Waals surface area contributed by atoms with Gasteiger partial charge in [-0.05, 0) is 26.3 Å². The highest BCUT2D eigenvalue weighted by atomic mass is 16.4. The normalized spacial score (nSPS) is 12.8. The molecule has 3 N–H and O–H groups in total. The maximum atomic E-state index is 10.7. The van der Waals surface area contributed by atoms with Gasteiger partial charge in [0.25, 0.3) is 0 Å². The average Bonchev–Trinajstić information content (AvgIpc) is 2.44. The van der Waals surface area contributed by atoms with Gasteiger partial charge in [0, 0.05) is 18.7 Å². The monoisotopic (exact) mass is 211 g/mol. The number of carbonyl (C=O) groups is 1. The van der Waals surface area contributed by atoms with Crippen LogP contribution in [0.15, 0.2) is 0 Å². The second kappa shape index (κ2) is 4.44. The van der Waals surface area contributed by atoms with Gasteiger partial charge in [0.05, 0.1) is 5.69 Å². The van der Waals surface area contributed by atoms with E-state index in [-0.39, 0.29) is 0 Å². The van der Waals surface area contributed by atoms with Gasteiger partial charge >= 0.3 is 5.97 Å². The van der Waals surface area contributed by atoms with Crippen LogP contribution >= 0.6 is 0 Å². The number of carboxylic acids is 1. The number of aryl methyl sites for hydroxylation is 2. The predicted molar refractivity (Wildman–Crippen MR) is 56.7 cm³/mol. The van der Waals surface area contributed by atoms with E-state index in [1.54, 1.807) is 0 Å². The molecule has 0 radical (unpaired) electrons.